The molecule has 1 aromatic heterocycles. The van der Waals surface area contributed by atoms with Gasteiger partial charge in [0.2, 0.25) is 5.76 Å². The van der Waals surface area contributed by atoms with Gasteiger partial charge in [0.15, 0.2) is 0 Å². The Morgan fingerprint density at radius 3 is 2.75 bits per heavy atom. The monoisotopic (exact) mass is 282 g/mol. The first-order valence-corrected chi connectivity index (χ1v) is 6.47. The van der Waals surface area contributed by atoms with E-state index < -0.39 is 17.7 Å². The van der Waals surface area contributed by atoms with Crippen molar-refractivity contribution in [3.05, 3.63) is 17.5 Å². The molecule has 0 saturated carbocycles. The summed E-state index contributed by atoms with van der Waals surface area (Å²) in [6.45, 7) is 5.96. The Kier molecular flexibility index (Phi) is 3.69. The van der Waals surface area contributed by atoms with E-state index in [0.717, 1.165) is 6.42 Å². The molecule has 7 nitrogen and oxygen atoms in total. The summed E-state index contributed by atoms with van der Waals surface area (Å²) in [4.78, 5) is 24.5. The van der Waals surface area contributed by atoms with E-state index in [0.29, 0.717) is 18.7 Å². The summed E-state index contributed by atoms with van der Waals surface area (Å²) < 4.78 is 10.1. The second kappa shape index (κ2) is 5.15. The normalized spacial score (nSPS) is 19.1. The molecule has 0 aromatic carbocycles. The first-order chi connectivity index (χ1) is 9.28. The number of likely N-dealkylation sites (tertiary alicyclic amines) is 1. The number of amides is 1. The summed E-state index contributed by atoms with van der Waals surface area (Å²) in [5, 5.41) is 12.6. The quantitative estimate of drug-likeness (QED) is 0.895. The molecule has 1 atom stereocenters. The zero-order valence-corrected chi connectivity index (χ0v) is 11.8. The van der Waals surface area contributed by atoms with Crippen LogP contribution in [0.25, 0.3) is 0 Å². The Morgan fingerprint density at radius 1 is 1.50 bits per heavy atom. The molecule has 1 aliphatic rings. The van der Waals surface area contributed by atoms with E-state index in [1.165, 1.54) is 6.07 Å². The molecule has 1 N–H and O–H groups in total. The van der Waals surface area contributed by atoms with Crippen LogP contribution in [0.4, 0.5) is 4.79 Å². The highest BCUT2D eigenvalue weighted by atomic mass is 16.6. The predicted molar refractivity (Wildman–Crippen MR) is 68.4 cm³/mol. The zero-order chi connectivity index (χ0) is 14.9. The number of carbonyl (C=O) groups excluding carboxylic acids is 1. The van der Waals surface area contributed by atoms with Crippen molar-refractivity contribution in [3.63, 3.8) is 0 Å². The summed E-state index contributed by atoms with van der Waals surface area (Å²) in [6, 6.07) is 1.07. The lowest BCUT2D eigenvalue weighted by Gasteiger charge is -2.27. The average Bonchev–Trinajstić information content (AvgIpc) is 2.95. The molecule has 0 unspecified atom stereocenters. The van der Waals surface area contributed by atoms with Gasteiger partial charge in [-0.2, -0.15) is 0 Å². The molecule has 2 rings (SSSR count). The Bertz CT molecular complexity index is 517. The van der Waals surface area contributed by atoms with Crippen molar-refractivity contribution in [2.75, 3.05) is 6.54 Å². The fourth-order valence-corrected chi connectivity index (χ4v) is 2.16. The smallest absolute Gasteiger partial charge is 0.410 e. The average molecular weight is 282 g/mol. The number of hydrogen-bond donors (Lipinski definition) is 1. The van der Waals surface area contributed by atoms with Gasteiger partial charge in [0.25, 0.3) is 0 Å². The Hall–Kier alpha value is -2.05. The van der Waals surface area contributed by atoms with Gasteiger partial charge in [-0.1, -0.05) is 5.16 Å². The Morgan fingerprint density at radius 2 is 2.20 bits per heavy atom. The molecule has 0 bridgehead atoms. The number of hydrogen-bond acceptors (Lipinski definition) is 5. The van der Waals surface area contributed by atoms with Crippen molar-refractivity contribution in [2.24, 2.45) is 0 Å². The van der Waals surface area contributed by atoms with E-state index in [2.05, 4.69) is 5.16 Å². The fraction of sp³-hybridized carbons (Fsp3) is 0.615. The molecule has 0 aliphatic carbocycles. The van der Waals surface area contributed by atoms with Gasteiger partial charge in [-0.05, 0) is 33.6 Å². The van der Waals surface area contributed by atoms with Crippen molar-refractivity contribution in [2.45, 2.75) is 45.3 Å². The minimum atomic E-state index is -1.18. The van der Waals surface area contributed by atoms with E-state index in [-0.39, 0.29) is 11.8 Å². The summed E-state index contributed by atoms with van der Waals surface area (Å²) in [5.74, 6) is -1.40. The molecule has 0 radical (unpaired) electrons. The molecular weight excluding hydrogens is 264 g/mol. The molecule has 1 saturated heterocycles. The van der Waals surface area contributed by atoms with Crippen LogP contribution in [0.2, 0.25) is 0 Å². The van der Waals surface area contributed by atoms with Gasteiger partial charge in [0.05, 0.1) is 6.04 Å². The Balaban J connectivity index is 2.14. The van der Waals surface area contributed by atoms with Crippen molar-refractivity contribution in [3.8, 4) is 0 Å². The van der Waals surface area contributed by atoms with Gasteiger partial charge in [-0.3, -0.25) is 4.90 Å². The molecule has 110 valence electrons. The molecule has 1 amide bonds. The third-order valence-corrected chi connectivity index (χ3v) is 2.96. The van der Waals surface area contributed by atoms with Crippen LogP contribution in [-0.4, -0.2) is 39.4 Å². The van der Waals surface area contributed by atoms with Crippen LogP contribution in [0.15, 0.2) is 10.6 Å². The second-order valence-corrected chi connectivity index (χ2v) is 5.75. The summed E-state index contributed by atoms with van der Waals surface area (Å²) in [7, 11) is 0. The van der Waals surface area contributed by atoms with Gasteiger partial charge in [0.1, 0.15) is 11.3 Å². The van der Waals surface area contributed by atoms with E-state index >= 15 is 0 Å². The maximum atomic E-state index is 12.1. The van der Waals surface area contributed by atoms with E-state index in [9.17, 15) is 9.59 Å². The molecule has 1 aromatic rings. The highest BCUT2D eigenvalue weighted by Gasteiger charge is 2.35. The standard InChI is InChI=1S/C13H18N2O5/c1-13(2,3)19-12(18)15-6-4-5-9(15)8-7-10(11(16)17)20-14-8/h7,9H,4-6H2,1-3H3,(H,16,17)/t9-/m0/s1. The number of aromatic carboxylic acids is 1. The first kappa shape index (κ1) is 14.4. The van der Waals surface area contributed by atoms with Gasteiger partial charge < -0.3 is 14.4 Å². The number of nitrogens with zero attached hydrogens (tertiary/aromatic N) is 2. The highest BCUT2D eigenvalue weighted by molar-refractivity contribution is 5.84. The molecule has 20 heavy (non-hydrogen) atoms. The van der Waals surface area contributed by atoms with Crippen LogP contribution in [0.5, 0.6) is 0 Å². The number of rotatable bonds is 2. The highest BCUT2D eigenvalue weighted by Crippen LogP contribution is 2.32. The van der Waals surface area contributed by atoms with E-state index in [4.69, 9.17) is 14.4 Å². The van der Waals surface area contributed by atoms with Crippen molar-refractivity contribution < 1.29 is 24.0 Å². The second-order valence-electron chi connectivity index (χ2n) is 5.75. The maximum absolute atomic E-state index is 12.1. The minimum Gasteiger partial charge on any atom is -0.475 e. The predicted octanol–water partition coefficient (Wildman–Crippen LogP) is 2.44. The molecular formula is C13H18N2O5. The molecule has 7 heteroatoms. The molecule has 2 heterocycles. The molecule has 0 spiro atoms. The van der Waals surface area contributed by atoms with E-state index in [1.54, 1.807) is 25.7 Å². The van der Waals surface area contributed by atoms with Crippen LogP contribution in [0, 0.1) is 0 Å². The third-order valence-electron chi connectivity index (χ3n) is 2.96. The minimum absolute atomic E-state index is 0.226. The Labute approximate surface area is 116 Å². The van der Waals surface area contributed by atoms with Crippen LogP contribution >= 0.6 is 0 Å². The van der Waals surface area contributed by atoms with Crippen LogP contribution in [-0.2, 0) is 4.74 Å². The van der Waals surface area contributed by atoms with Crippen LogP contribution < -0.4 is 0 Å². The van der Waals surface area contributed by atoms with Crippen molar-refractivity contribution in [1.82, 2.24) is 10.1 Å². The topological polar surface area (TPSA) is 92.9 Å². The lowest BCUT2D eigenvalue weighted by atomic mass is 10.1. The van der Waals surface area contributed by atoms with Gasteiger partial charge >= 0.3 is 12.1 Å². The number of carboxylic acids is 1. The fourth-order valence-electron chi connectivity index (χ4n) is 2.16. The van der Waals surface area contributed by atoms with Crippen molar-refractivity contribution in [1.29, 1.82) is 0 Å². The summed E-state index contributed by atoms with van der Waals surface area (Å²) in [6.07, 6.45) is 1.11. The lowest BCUT2D eigenvalue weighted by molar-refractivity contribution is 0.0219. The SMILES string of the molecule is CC(C)(C)OC(=O)N1CCC[C@H]1c1cc(C(=O)O)on1. The van der Waals surface area contributed by atoms with Gasteiger partial charge in [0, 0.05) is 12.6 Å². The first-order valence-electron chi connectivity index (χ1n) is 6.47. The van der Waals surface area contributed by atoms with Gasteiger partial charge in [-0.15, -0.1) is 0 Å². The molecule has 1 aliphatic heterocycles. The lowest BCUT2D eigenvalue weighted by Crippen LogP contribution is -2.36. The van der Waals surface area contributed by atoms with Gasteiger partial charge in [-0.25, -0.2) is 9.59 Å². The van der Waals surface area contributed by atoms with Crippen LogP contribution in [0.1, 0.15) is 55.9 Å². The number of aromatic nitrogens is 1. The number of carbonyl (C=O) groups is 2. The zero-order valence-electron chi connectivity index (χ0n) is 11.8. The van der Waals surface area contributed by atoms with Crippen LogP contribution in [0.3, 0.4) is 0 Å². The van der Waals surface area contributed by atoms with E-state index in [1.807, 2.05) is 0 Å². The van der Waals surface area contributed by atoms with Crippen molar-refractivity contribution >= 4 is 12.1 Å². The molecule has 1 fully saturated rings. The number of carboxylic acid groups (broad SMARTS) is 1. The number of ether oxygens (including phenoxy) is 1. The maximum Gasteiger partial charge on any atom is 0.410 e. The summed E-state index contributed by atoms with van der Waals surface area (Å²) >= 11 is 0. The summed E-state index contributed by atoms with van der Waals surface area (Å²) in [5.41, 5.74) is -0.119. The largest absolute Gasteiger partial charge is 0.475 e. The third kappa shape index (κ3) is 3.09.